The lowest BCUT2D eigenvalue weighted by atomic mass is 10.1. The van der Waals surface area contributed by atoms with E-state index in [0.717, 1.165) is 12.7 Å². The molecule has 0 bridgehead atoms. The third-order valence-corrected chi connectivity index (χ3v) is 3.92. The van der Waals surface area contributed by atoms with Crippen molar-refractivity contribution in [3.05, 3.63) is 0 Å². The zero-order chi connectivity index (χ0) is 9.36. The summed E-state index contributed by atoms with van der Waals surface area (Å²) in [5.74, 6) is 1.18. The summed E-state index contributed by atoms with van der Waals surface area (Å²) in [5, 5.41) is 0.290. The molecule has 0 aromatic carbocycles. The zero-order valence-corrected chi connectivity index (χ0v) is 9.15. The van der Waals surface area contributed by atoms with Gasteiger partial charge in [0, 0.05) is 0 Å². The number of carbonyl (C=O) groups excluding carboxylic acids is 1. The molecule has 0 saturated carbocycles. The van der Waals surface area contributed by atoms with Gasteiger partial charge in [-0.25, -0.2) is 0 Å². The Hall–Kier alpha value is 0.0200. The first-order valence-corrected chi connectivity index (χ1v) is 6.55. The number of carbonyl (C=O) groups is 1. The first-order chi connectivity index (χ1) is 6.43. The van der Waals surface area contributed by atoms with E-state index in [0.29, 0.717) is 0 Å². The number of rotatable bonds is 1. The van der Waals surface area contributed by atoms with Crippen LogP contribution < -0.4 is 0 Å². The van der Waals surface area contributed by atoms with Crippen molar-refractivity contribution in [2.45, 2.75) is 56.6 Å². The van der Waals surface area contributed by atoms with Gasteiger partial charge < -0.3 is 4.79 Å². The summed E-state index contributed by atoms with van der Waals surface area (Å²) in [6, 6.07) is 0. The average molecular weight is 200 g/mol. The maximum Gasteiger partial charge on any atom is 0.132 e. The molecule has 0 aromatic rings. The Morgan fingerprint density at radius 3 is 2.23 bits per heavy atom. The van der Waals surface area contributed by atoms with E-state index < -0.39 is 0 Å². The first kappa shape index (κ1) is 11.1. The molecule has 76 valence electrons. The monoisotopic (exact) mass is 200 g/mol. The molecule has 1 aliphatic heterocycles. The summed E-state index contributed by atoms with van der Waals surface area (Å²) < 4.78 is 0. The van der Waals surface area contributed by atoms with Crippen LogP contribution in [0, 0.1) is 0 Å². The van der Waals surface area contributed by atoms with Crippen LogP contribution in [0.1, 0.15) is 51.4 Å². The Kier molecular flexibility index (Phi) is 6.34. The van der Waals surface area contributed by atoms with Gasteiger partial charge in [0.05, 0.1) is 5.25 Å². The second-order valence-electron chi connectivity index (χ2n) is 3.81. The number of hydrogen-bond donors (Lipinski definition) is 0. The largest absolute Gasteiger partial charge is 0.302 e. The van der Waals surface area contributed by atoms with Gasteiger partial charge in [-0.2, -0.15) is 11.8 Å². The number of hydrogen-bond acceptors (Lipinski definition) is 2. The molecule has 13 heavy (non-hydrogen) atoms. The molecule has 1 heterocycles. The van der Waals surface area contributed by atoms with E-state index in [4.69, 9.17) is 0 Å². The van der Waals surface area contributed by atoms with Gasteiger partial charge in [0.25, 0.3) is 0 Å². The van der Waals surface area contributed by atoms with Crippen molar-refractivity contribution in [3.8, 4) is 0 Å². The topological polar surface area (TPSA) is 17.1 Å². The fraction of sp³-hybridized carbons (Fsp3) is 0.909. The van der Waals surface area contributed by atoms with Gasteiger partial charge in [0.2, 0.25) is 0 Å². The Balaban J connectivity index is 2.22. The van der Waals surface area contributed by atoms with E-state index in [1.807, 2.05) is 11.8 Å². The van der Waals surface area contributed by atoms with Crippen LogP contribution in [-0.4, -0.2) is 17.3 Å². The highest BCUT2D eigenvalue weighted by Crippen LogP contribution is 2.20. The maximum absolute atomic E-state index is 10.7. The van der Waals surface area contributed by atoms with Gasteiger partial charge in [-0.15, -0.1) is 0 Å². The molecule has 1 unspecified atom stereocenters. The Labute approximate surface area is 85.7 Å². The summed E-state index contributed by atoms with van der Waals surface area (Å²) in [7, 11) is 0. The van der Waals surface area contributed by atoms with E-state index in [9.17, 15) is 4.79 Å². The van der Waals surface area contributed by atoms with Crippen LogP contribution in [0.25, 0.3) is 0 Å². The minimum Gasteiger partial charge on any atom is -0.302 e. The molecule has 0 spiro atoms. The lowest BCUT2D eigenvalue weighted by molar-refractivity contribution is -0.107. The molecule has 1 saturated heterocycles. The fourth-order valence-electron chi connectivity index (χ4n) is 1.76. The zero-order valence-electron chi connectivity index (χ0n) is 8.34. The third-order valence-electron chi connectivity index (χ3n) is 2.62. The third kappa shape index (κ3) is 5.35. The van der Waals surface area contributed by atoms with E-state index >= 15 is 0 Å². The molecular weight excluding hydrogens is 180 g/mol. The van der Waals surface area contributed by atoms with Gasteiger partial charge in [-0.3, -0.25) is 0 Å². The molecule has 1 nitrogen and oxygen atoms in total. The molecule has 1 atom stereocenters. The molecule has 0 radical (unpaired) electrons. The quantitative estimate of drug-likeness (QED) is 0.603. The smallest absolute Gasteiger partial charge is 0.132 e. The van der Waals surface area contributed by atoms with Crippen LogP contribution in [-0.2, 0) is 4.79 Å². The maximum atomic E-state index is 10.7. The second kappa shape index (κ2) is 7.43. The molecular formula is C11H20OS. The normalized spacial score (nSPS) is 27.5. The molecule has 0 N–H and O–H groups in total. The van der Waals surface area contributed by atoms with Crippen LogP contribution >= 0.6 is 11.8 Å². The predicted octanol–water partition coefficient (Wildman–Crippen LogP) is 3.42. The van der Waals surface area contributed by atoms with Crippen molar-refractivity contribution in [1.29, 1.82) is 0 Å². The van der Waals surface area contributed by atoms with E-state index in [1.54, 1.807) is 0 Å². The molecule has 0 aliphatic carbocycles. The first-order valence-electron chi connectivity index (χ1n) is 5.50. The Morgan fingerprint density at radius 2 is 1.54 bits per heavy atom. The second-order valence-corrected chi connectivity index (χ2v) is 5.16. The molecule has 1 rings (SSSR count). The van der Waals surface area contributed by atoms with Crippen LogP contribution in [0.4, 0.5) is 0 Å². The van der Waals surface area contributed by atoms with Crippen molar-refractivity contribution in [3.63, 3.8) is 0 Å². The fourth-order valence-corrected chi connectivity index (χ4v) is 2.84. The van der Waals surface area contributed by atoms with Gasteiger partial charge in [0.15, 0.2) is 0 Å². The molecule has 0 aromatic heterocycles. The molecule has 1 fully saturated rings. The highest BCUT2D eigenvalue weighted by atomic mass is 32.2. The minimum absolute atomic E-state index is 0.290. The average Bonchev–Trinajstić information content (AvgIpc) is 2.22. The van der Waals surface area contributed by atoms with Crippen molar-refractivity contribution in [1.82, 2.24) is 0 Å². The molecule has 0 amide bonds. The highest BCUT2D eigenvalue weighted by Gasteiger charge is 2.07. The van der Waals surface area contributed by atoms with Crippen LogP contribution in [0.3, 0.4) is 0 Å². The van der Waals surface area contributed by atoms with E-state index in [-0.39, 0.29) is 5.25 Å². The standard InChI is InChI=1S/C11H20OS/c12-10-11-8-6-4-2-1-3-5-7-9-13-11/h10-11H,1-9H2. The summed E-state index contributed by atoms with van der Waals surface area (Å²) in [6.07, 6.45) is 11.6. The number of thioether (sulfide) groups is 1. The van der Waals surface area contributed by atoms with Crippen molar-refractivity contribution in [2.24, 2.45) is 0 Å². The SMILES string of the molecule is O=CC1CCCCCCCCCS1. The van der Waals surface area contributed by atoms with Crippen molar-refractivity contribution in [2.75, 3.05) is 5.75 Å². The summed E-state index contributed by atoms with van der Waals surface area (Å²) >= 11 is 1.86. The molecule has 1 aliphatic rings. The lowest BCUT2D eigenvalue weighted by Crippen LogP contribution is -2.04. The minimum atomic E-state index is 0.290. The summed E-state index contributed by atoms with van der Waals surface area (Å²) in [6.45, 7) is 0. The van der Waals surface area contributed by atoms with Crippen LogP contribution in [0.5, 0.6) is 0 Å². The predicted molar refractivity (Wildman–Crippen MR) is 59.2 cm³/mol. The van der Waals surface area contributed by atoms with Gasteiger partial charge in [-0.1, -0.05) is 38.5 Å². The summed E-state index contributed by atoms with van der Waals surface area (Å²) in [4.78, 5) is 10.7. The van der Waals surface area contributed by atoms with Crippen LogP contribution in [0.15, 0.2) is 0 Å². The van der Waals surface area contributed by atoms with Gasteiger partial charge >= 0.3 is 0 Å². The summed E-state index contributed by atoms with van der Waals surface area (Å²) in [5.41, 5.74) is 0. The van der Waals surface area contributed by atoms with E-state index in [2.05, 4.69) is 0 Å². The van der Waals surface area contributed by atoms with Crippen molar-refractivity contribution < 1.29 is 4.79 Å². The number of aldehydes is 1. The van der Waals surface area contributed by atoms with Gasteiger partial charge in [-0.05, 0) is 18.6 Å². The van der Waals surface area contributed by atoms with E-state index in [1.165, 1.54) is 50.7 Å². The van der Waals surface area contributed by atoms with Gasteiger partial charge in [0.1, 0.15) is 6.29 Å². The van der Waals surface area contributed by atoms with Crippen LogP contribution in [0.2, 0.25) is 0 Å². The van der Waals surface area contributed by atoms with Crippen molar-refractivity contribution >= 4 is 18.0 Å². The lowest BCUT2D eigenvalue weighted by Gasteiger charge is -2.07. The molecule has 2 heteroatoms. The Morgan fingerprint density at radius 1 is 0.923 bits per heavy atom. The Bertz CT molecular complexity index is 124. The highest BCUT2D eigenvalue weighted by molar-refractivity contribution is 8.00.